The molecule has 1 aromatic heterocycles. The van der Waals surface area contributed by atoms with E-state index in [2.05, 4.69) is 10.1 Å². The SMILES string of the molecule is CCOc1cc(C2=NN(C(=O)c3sc(-c4ccc(N)cc4)nc3C)CCC2)ccc1OC. The van der Waals surface area contributed by atoms with Crippen LogP contribution in [0.3, 0.4) is 0 Å². The van der Waals surface area contributed by atoms with Gasteiger partial charge >= 0.3 is 0 Å². The van der Waals surface area contributed by atoms with Gasteiger partial charge in [-0.15, -0.1) is 11.3 Å². The van der Waals surface area contributed by atoms with Gasteiger partial charge in [-0.2, -0.15) is 5.10 Å². The Labute approximate surface area is 191 Å². The fourth-order valence-corrected chi connectivity index (χ4v) is 4.59. The first-order valence-corrected chi connectivity index (χ1v) is 11.4. The first-order valence-electron chi connectivity index (χ1n) is 10.5. The van der Waals surface area contributed by atoms with E-state index >= 15 is 0 Å². The lowest BCUT2D eigenvalue weighted by atomic mass is 10.0. The van der Waals surface area contributed by atoms with Gasteiger partial charge in [-0.1, -0.05) is 0 Å². The van der Waals surface area contributed by atoms with E-state index in [1.54, 1.807) is 12.1 Å². The lowest BCUT2D eigenvalue weighted by molar-refractivity contribution is 0.0755. The van der Waals surface area contributed by atoms with E-state index in [1.165, 1.54) is 11.3 Å². The van der Waals surface area contributed by atoms with Gasteiger partial charge < -0.3 is 15.2 Å². The third-order valence-electron chi connectivity index (χ3n) is 5.20. The molecule has 1 amide bonds. The summed E-state index contributed by atoms with van der Waals surface area (Å²) in [5.74, 6) is 1.22. The van der Waals surface area contributed by atoms with Gasteiger partial charge in [-0.3, -0.25) is 4.79 Å². The number of hydrogen-bond donors (Lipinski definition) is 1. The van der Waals surface area contributed by atoms with Crippen molar-refractivity contribution in [2.75, 3.05) is 26.0 Å². The van der Waals surface area contributed by atoms with Gasteiger partial charge in [0.05, 0.1) is 25.1 Å². The van der Waals surface area contributed by atoms with Crippen LogP contribution in [0.5, 0.6) is 11.5 Å². The molecular formula is C24H26N4O3S. The van der Waals surface area contributed by atoms with Gasteiger partial charge in [-0.25, -0.2) is 9.99 Å². The fraction of sp³-hybridized carbons (Fsp3) is 0.292. The first kappa shape index (κ1) is 21.8. The Morgan fingerprint density at radius 2 is 1.91 bits per heavy atom. The van der Waals surface area contributed by atoms with Gasteiger partial charge in [0.15, 0.2) is 11.5 Å². The number of rotatable bonds is 6. The number of thiazole rings is 1. The molecule has 7 nitrogen and oxygen atoms in total. The quantitative estimate of drug-likeness (QED) is 0.548. The predicted octanol–water partition coefficient (Wildman–Crippen LogP) is 4.75. The zero-order valence-electron chi connectivity index (χ0n) is 18.4. The second-order valence-corrected chi connectivity index (χ2v) is 8.43. The highest BCUT2D eigenvalue weighted by molar-refractivity contribution is 7.17. The van der Waals surface area contributed by atoms with Crippen LogP contribution in [0.4, 0.5) is 5.69 Å². The third kappa shape index (κ3) is 4.45. The molecule has 32 heavy (non-hydrogen) atoms. The summed E-state index contributed by atoms with van der Waals surface area (Å²) in [5.41, 5.74) is 9.90. The van der Waals surface area contributed by atoms with E-state index in [9.17, 15) is 4.79 Å². The number of benzene rings is 2. The van der Waals surface area contributed by atoms with Crippen molar-refractivity contribution in [3.63, 3.8) is 0 Å². The summed E-state index contributed by atoms with van der Waals surface area (Å²) in [5, 5.41) is 7.03. The zero-order valence-corrected chi connectivity index (χ0v) is 19.2. The number of nitrogen functional groups attached to an aromatic ring is 1. The minimum Gasteiger partial charge on any atom is -0.493 e. The molecule has 3 aromatic rings. The lowest BCUT2D eigenvalue weighted by Crippen LogP contribution is -2.32. The van der Waals surface area contributed by atoms with Crippen LogP contribution in [0.15, 0.2) is 47.6 Å². The standard InChI is InChI=1S/C24H26N4O3S/c1-4-31-21-14-17(9-12-20(21)30-3)19-6-5-13-28(27-19)24(29)22-15(2)26-23(32-22)16-7-10-18(25)11-8-16/h7-12,14H,4-6,13,25H2,1-3H3. The highest BCUT2D eigenvalue weighted by atomic mass is 32.1. The highest BCUT2D eigenvalue weighted by Gasteiger charge is 2.25. The van der Waals surface area contributed by atoms with Crippen molar-refractivity contribution >= 4 is 28.6 Å². The number of nitrogens with two attached hydrogens (primary N) is 1. The number of nitrogens with zero attached hydrogens (tertiary/aromatic N) is 3. The maximum atomic E-state index is 13.3. The molecule has 2 N–H and O–H groups in total. The van der Waals surface area contributed by atoms with E-state index in [-0.39, 0.29) is 5.91 Å². The van der Waals surface area contributed by atoms with Crippen molar-refractivity contribution in [3.05, 3.63) is 58.6 Å². The second kappa shape index (κ2) is 9.40. The monoisotopic (exact) mass is 450 g/mol. The molecule has 4 rings (SSSR count). The summed E-state index contributed by atoms with van der Waals surface area (Å²) in [4.78, 5) is 18.5. The van der Waals surface area contributed by atoms with Crippen molar-refractivity contribution in [2.45, 2.75) is 26.7 Å². The summed E-state index contributed by atoms with van der Waals surface area (Å²) < 4.78 is 11.1. The van der Waals surface area contributed by atoms with Gasteiger partial charge in [0, 0.05) is 23.4 Å². The molecule has 0 atom stereocenters. The average Bonchev–Trinajstić information content (AvgIpc) is 3.20. The molecule has 1 aliphatic heterocycles. The molecule has 0 spiro atoms. The van der Waals surface area contributed by atoms with Crippen molar-refractivity contribution < 1.29 is 14.3 Å². The summed E-state index contributed by atoms with van der Waals surface area (Å²) in [7, 11) is 1.62. The molecule has 1 aliphatic rings. The van der Waals surface area contributed by atoms with Crippen molar-refractivity contribution in [1.82, 2.24) is 9.99 Å². The molecule has 0 fully saturated rings. The number of carbonyl (C=O) groups is 1. The molecule has 166 valence electrons. The van der Waals surface area contributed by atoms with Crippen molar-refractivity contribution in [1.29, 1.82) is 0 Å². The normalized spacial score (nSPS) is 13.6. The molecule has 0 aliphatic carbocycles. The summed E-state index contributed by atoms with van der Waals surface area (Å²) in [6, 6.07) is 13.2. The van der Waals surface area contributed by atoms with Crippen LogP contribution in [-0.2, 0) is 0 Å². The molecule has 0 bridgehead atoms. The molecule has 2 aromatic carbocycles. The Kier molecular flexibility index (Phi) is 6.41. The number of aromatic nitrogens is 1. The van der Waals surface area contributed by atoms with E-state index in [4.69, 9.17) is 15.2 Å². The molecule has 0 radical (unpaired) electrons. The van der Waals surface area contributed by atoms with Crippen LogP contribution in [0.1, 0.15) is 40.7 Å². The minimum absolute atomic E-state index is 0.127. The second-order valence-electron chi connectivity index (χ2n) is 7.43. The Bertz CT molecular complexity index is 1150. The molecule has 2 heterocycles. The smallest absolute Gasteiger partial charge is 0.285 e. The van der Waals surface area contributed by atoms with Crippen LogP contribution in [0.2, 0.25) is 0 Å². The molecule has 0 saturated heterocycles. The van der Waals surface area contributed by atoms with E-state index < -0.39 is 0 Å². The van der Waals surface area contributed by atoms with Crippen LogP contribution >= 0.6 is 11.3 Å². The summed E-state index contributed by atoms with van der Waals surface area (Å²) in [6.45, 7) is 4.90. The van der Waals surface area contributed by atoms with Gasteiger partial charge in [0.2, 0.25) is 0 Å². The molecular weight excluding hydrogens is 424 g/mol. The van der Waals surface area contributed by atoms with Crippen molar-refractivity contribution in [2.24, 2.45) is 5.10 Å². The number of hydrazone groups is 1. The van der Waals surface area contributed by atoms with Crippen LogP contribution in [0, 0.1) is 6.92 Å². The van der Waals surface area contributed by atoms with Crippen LogP contribution in [-0.4, -0.2) is 41.9 Å². The number of aryl methyl sites for hydroxylation is 1. The van der Waals surface area contributed by atoms with E-state index in [0.29, 0.717) is 40.9 Å². The Hall–Kier alpha value is -3.39. The van der Waals surface area contributed by atoms with Gasteiger partial charge in [-0.05, 0) is 69.2 Å². The van der Waals surface area contributed by atoms with Crippen LogP contribution in [0.25, 0.3) is 10.6 Å². The predicted molar refractivity (Wildman–Crippen MR) is 128 cm³/mol. The Balaban J connectivity index is 1.61. The van der Waals surface area contributed by atoms with Crippen LogP contribution < -0.4 is 15.2 Å². The largest absolute Gasteiger partial charge is 0.493 e. The summed E-state index contributed by atoms with van der Waals surface area (Å²) >= 11 is 1.38. The highest BCUT2D eigenvalue weighted by Crippen LogP contribution is 2.32. The number of amides is 1. The fourth-order valence-electron chi connectivity index (χ4n) is 3.58. The molecule has 0 unspecified atom stereocenters. The van der Waals surface area contributed by atoms with E-state index in [1.807, 2.05) is 56.3 Å². The number of ether oxygens (including phenoxy) is 2. The van der Waals surface area contributed by atoms with Gasteiger partial charge in [0.25, 0.3) is 5.91 Å². The number of methoxy groups -OCH3 is 1. The Morgan fingerprint density at radius 1 is 1.16 bits per heavy atom. The van der Waals surface area contributed by atoms with Crippen molar-refractivity contribution in [3.8, 4) is 22.1 Å². The average molecular weight is 451 g/mol. The maximum Gasteiger partial charge on any atom is 0.285 e. The third-order valence-corrected chi connectivity index (χ3v) is 6.40. The lowest BCUT2D eigenvalue weighted by Gasteiger charge is -2.23. The number of hydrogen-bond acceptors (Lipinski definition) is 7. The zero-order chi connectivity index (χ0) is 22.7. The molecule has 8 heteroatoms. The summed E-state index contributed by atoms with van der Waals surface area (Å²) in [6.07, 6.45) is 1.63. The topological polar surface area (TPSA) is 90.0 Å². The first-order chi connectivity index (χ1) is 15.5. The van der Waals surface area contributed by atoms with E-state index in [0.717, 1.165) is 34.7 Å². The van der Waals surface area contributed by atoms with Gasteiger partial charge in [0.1, 0.15) is 9.88 Å². The maximum absolute atomic E-state index is 13.3. The number of carbonyl (C=O) groups excluding carboxylic acids is 1. The minimum atomic E-state index is -0.127. The molecule has 0 saturated carbocycles. The number of anilines is 1. The Morgan fingerprint density at radius 3 is 2.62 bits per heavy atom.